The molecule has 47 heavy (non-hydrogen) atoms. The number of carbonyl (C=O) groups excluding carboxylic acids is 2. The van der Waals surface area contributed by atoms with Crippen LogP contribution in [0.15, 0.2) is 87.5 Å². The molecule has 3 aromatic carbocycles. The standard InChI is InChI=1S/C34H29BrN4O5S3/c1-3-44-34(41)31-22(2)26-20-25(12-13-30(26)46-31)47(42,43)39(24-10-8-23(21-36)9-11-24)29-7-5-4-6-28(29)37-15-17-38(18-16-37)33(40)32-27(35)14-19-45-32/h4-14,19-20H,3,15-18H2,1-2H3. The molecule has 240 valence electrons. The lowest BCUT2D eigenvalue weighted by Crippen LogP contribution is -2.49. The highest BCUT2D eigenvalue weighted by atomic mass is 79.9. The largest absolute Gasteiger partial charge is 0.462 e. The van der Waals surface area contributed by atoms with E-state index in [9.17, 15) is 23.3 Å². The van der Waals surface area contributed by atoms with E-state index in [1.807, 2.05) is 28.5 Å². The van der Waals surface area contributed by atoms with Gasteiger partial charge in [-0.25, -0.2) is 17.5 Å². The number of hydrogen-bond acceptors (Lipinski definition) is 9. The summed E-state index contributed by atoms with van der Waals surface area (Å²) in [6.45, 7) is 5.72. The number of thiophene rings is 2. The molecule has 1 fully saturated rings. The van der Waals surface area contributed by atoms with E-state index in [0.29, 0.717) is 69.5 Å². The molecule has 2 aromatic heterocycles. The smallest absolute Gasteiger partial charge is 0.348 e. The number of hydrogen-bond donors (Lipinski definition) is 0. The minimum absolute atomic E-state index is 0.0353. The topological polar surface area (TPSA) is 111 Å². The maximum Gasteiger partial charge on any atom is 0.348 e. The van der Waals surface area contributed by atoms with Crippen LogP contribution in [0.3, 0.4) is 0 Å². The van der Waals surface area contributed by atoms with E-state index in [1.54, 1.807) is 68.4 Å². The quantitative estimate of drug-likeness (QED) is 0.151. The van der Waals surface area contributed by atoms with Crippen molar-refractivity contribution in [2.45, 2.75) is 18.7 Å². The molecule has 0 aliphatic carbocycles. The van der Waals surface area contributed by atoms with Gasteiger partial charge in [0.25, 0.3) is 15.9 Å². The summed E-state index contributed by atoms with van der Waals surface area (Å²) in [7, 11) is -4.23. The first-order valence-corrected chi connectivity index (χ1v) is 18.7. The van der Waals surface area contributed by atoms with Gasteiger partial charge in [0.15, 0.2) is 0 Å². The van der Waals surface area contributed by atoms with Gasteiger partial charge >= 0.3 is 5.97 Å². The van der Waals surface area contributed by atoms with E-state index in [0.717, 1.165) is 9.17 Å². The predicted molar refractivity (Wildman–Crippen MR) is 190 cm³/mol. The molecule has 0 N–H and O–H groups in total. The van der Waals surface area contributed by atoms with Crippen molar-refractivity contribution < 1.29 is 22.7 Å². The summed E-state index contributed by atoms with van der Waals surface area (Å²) < 4.78 is 37.5. The number of carbonyl (C=O) groups is 2. The van der Waals surface area contributed by atoms with E-state index in [2.05, 4.69) is 26.9 Å². The number of halogens is 1. The molecule has 0 unspecified atom stereocenters. The fourth-order valence-corrected chi connectivity index (χ4v) is 9.70. The lowest BCUT2D eigenvalue weighted by Gasteiger charge is -2.38. The van der Waals surface area contributed by atoms with Crippen LogP contribution in [0.2, 0.25) is 0 Å². The Kier molecular flexibility index (Phi) is 9.39. The average Bonchev–Trinajstić information content (AvgIpc) is 3.67. The summed E-state index contributed by atoms with van der Waals surface area (Å²) in [4.78, 5) is 30.8. The lowest BCUT2D eigenvalue weighted by atomic mass is 10.1. The summed E-state index contributed by atoms with van der Waals surface area (Å²) in [5.74, 6) is -0.472. The van der Waals surface area contributed by atoms with Gasteiger partial charge in [-0.3, -0.25) is 4.79 Å². The zero-order valence-electron chi connectivity index (χ0n) is 25.5. The molecule has 13 heteroatoms. The van der Waals surface area contributed by atoms with Crippen molar-refractivity contribution in [2.75, 3.05) is 42.0 Å². The van der Waals surface area contributed by atoms with Crippen LogP contribution < -0.4 is 9.21 Å². The van der Waals surface area contributed by atoms with Gasteiger partial charge in [-0.05, 0) is 107 Å². The van der Waals surface area contributed by atoms with Gasteiger partial charge in [0.1, 0.15) is 9.75 Å². The summed E-state index contributed by atoms with van der Waals surface area (Å²) in [6, 6.07) is 22.5. The van der Waals surface area contributed by atoms with Crippen LogP contribution in [-0.4, -0.2) is 58.0 Å². The lowest BCUT2D eigenvalue weighted by molar-refractivity contribution is 0.0531. The Labute approximate surface area is 289 Å². The SMILES string of the molecule is CCOC(=O)c1sc2ccc(S(=O)(=O)N(c3ccc(C#N)cc3)c3ccccc3N3CCN(C(=O)c4sccc4Br)CC3)cc2c1C. The number of nitriles is 1. The molecule has 0 bridgehead atoms. The Hall–Kier alpha value is -4.22. The van der Waals surface area contributed by atoms with Gasteiger partial charge < -0.3 is 14.5 Å². The zero-order chi connectivity index (χ0) is 33.3. The minimum Gasteiger partial charge on any atom is -0.462 e. The molecule has 1 aliphatic heterocycles. The minimum atomic E-state index is -4.23. The second kappa shape index (κ2) is 13.5. The fraction of sp³-hybridized carbons (Fsp3) is 0.206. The first kappa shape index (κ1) is 32.7. The van der Waals surface area contributed by atoms with Crippen LogP contribution in [0.4, 0.5) is 17.1 Å². The molecule has 9 nitrogen and oxygen atoms in total. The molecule has 0 radical (unpaired) electrons. The van der Waals surface area contributed by atoms with Gasteiger partial charge in [-0.2, -0.15) is 5.26 Å². The maximum absolute atomic E-state index is 14.7. The first-order chi connectivity index (χ1) is 22.6. The molecule has 5 aromatic rings. The number of benzene rings is 3. The van der Waals surface area contributed by atoms with Gasteiger partial charge in [-0.1, -0.05) is 12.1 Å². The van der Waals surface area contributed by atoms with Gasteiger partial charge in [0, 0.05) is 35.4 Å². The number of aryl methyl sites for hydroxylation is 1. The number of nitrogens with zero attached hydrogens (tertiary/aromatic N) is 4. The van der Waals surface area contributed by atoms with Gasteiger partial charge in [0.2, 0.25) is 0 Å². The zero-order valence-corrected chi connectivity index (χ0v) is 29.5. The average molecular weight is 750 g/mol. The van der Waals surface area contributed by atoms with Crippen molar-refractivity contribution in [2.24, 2.45) is 0 Å². The Morgan fingerprint density at radius 3 is 2.38 bits per heavy atom. The molecule has 1 aliphatic rings. The molecule has 0 saturated carbocycles. The van der Waals surface area contributed by atoms with Gasteiger partial charge in [-0.15, -0.1) is 22.7 Å². The first-order valence-electron chi connectivity index (χ1n) is 14.8. The number of amides is 1. The third-order valence-corrected chi connectivity index (χ3v) is 12.8. The molecule has 3 heterocycles. The number of ether oxygens (including phenoxy) is 1. The Balaban J connectivity index is 1.39. The molecule has 6 rings (SSSR count). The summed E-state index contributed by atoms with van der Waals surface area (Å²) in [5, 5.41) is 12.0. The number of para-hydroxylation sites is 2. The van der Waals surface area contributed by atoms with Crippen LogP contribution in [0.25, 0.3) is 10.1 Å². The summed E-state index contributed by atoms with van der Waals surface area (Å²) >= 11 is 6.12. The highest BCUT2D eigenvalue weighted by molar-refractivity contribution is 9.10. The van der Waals surface area contributed by atoms with Crippen LogP contribution in [0, 0.1) is 18.3 Å². The van der Waals surface area contributed by atoms with Crippen molar-refractivity contribution in [3.63, 3.8) is 0 Å². The van der Waals surface area contributed by atoms with Gasteiger partial charge in [0.05, 0.1) is 40.2 Å². The van der Waals surface area contributed by atoms with Crippen molar-refractivity contribution in [1.29, 1.82) is 5.26 Å². The molecule has 0 spiro atoms. The summed E-state index contributed by atoms with van der Waals surface area (Å²) in [6.07, 6.45) is 0. The second-order valence-corrected chi connectivity index (χ2v) is 15.3. The Bertz CT molecular complexity index is 2130. The second-order valence-electron chi connectivity index (χ2n) is 10.7. The molecular weight excluding hydrogens is 721 g/mol. The predicted octanol–water partition coefficient (Wildman–Crippen LogP) is 7.57. The number of piperazine rings is 1. The van der Waals surface area contributed by atoms with Crippen LogP contribution >= 0.6 is 38.6 Å². The van der Waals surface area contributed by atoms with Crippen molar-refractivity contribution in [3.05, 3.63) is 104 Å². The van der Waals surface area contributed by atoms with Crippen LogP contribution in [0.1, 0.15) is 37.4 Å². The van der Waals surface area contributed by atoms with E-state index in [1.165, 1.54) is 27.0 Å². The van der Waals surface area contributed by atoms with E-state index < -0.39 is 16.0 Å². The van der Waals surface area contributed by atoms with E-state index in [-0.39, 0.29) is 17.4 Å². The van der Waals surface area contributed by atoms with E-state index >= 15 is 0 Å². The number of anilines is 3. The molecule has 0 atom stereocenters. The fourth-order valence-electron chi connectivity index (χ4n) is 5.58. The Morgan fingerprint density at radius 1 is 1.00 bits per heavy atom. The Morgan fingerprint density at radius 2 is 1.72 bits per heavy atom. The van der Waals surface area contributed by atoms with Crippen LogP contribution in [0.5, 0.6) is 0 Å². The number of sulfonamides is 1. The number of rotatable bonds is 8. The molecular formula is C34H29BrN4O5S3. The summed E-state index contributed by atoms with van der Waals surface area (Å²) in [5.41, 5.74) is 2.56. The number of fused-ring (bicyclic) bond motifs is 1. The number of esters is 1. The molecule has 1 amide bonds. The third-order valence-electron chi connectivity index (χ3n) is 7.96. The van der Waals surface area contributed by atoms with Crippen LogP contribution in [-0.2, 0) is 14.8 Å². The van der Waals surface area contributed by atoms with E-state index in [4.69, 9.17) is 4.74 Å². The van der Waals surface area contributed by atoms with Crippen molar-refractivity contribution >= 4 is 87.7 Å². The monoisotopic (exact) mass is 748 g/mol. The highest BCUT2D eigenvalue weighted by Gasteiger charge is 2.32. The van der Waals surface area contributed by atoms with Crippen molar-refractivity contribution in [3.8, 4) is 6.07 Å². The normalized spacial score (nSPS) is 13.4. The molecule has 1 saturated heterocycles. The highest BCUT2D eigenvalue weighted by Crippen LogP contribution is 2.41. The van der Waals surface area contributed by atoms with Crippen molar-refractivity contribution in [1.82, 2.24) is 4.90 Å². The maximum atomic E-state index is 14.7. The third kappa shape index (κ3) is 6.26.